The van der Waals surface area contributed by atoms with E-state index in [2.05, 4.69) is 4.98 Å². The first-order valence-electron chi connectivity index (χ1n) is 9.31. The number of carbonyl (C=O) groups excluding carboxylic acids is 3. The molecule has 1 aromatic rings. The lowest BCUT2D eigenvalue weighted by Crippen LogP contribution is -2.47. The average molecular weight is 356 g/mol. The molecule has 2 heterocycles. The van der Waals surface area contributed by atoms with Gasteiger partial charge < -0.3 is 4.90 Å². The third-order valence-corrected chi connectivity index (χ3v) is 5.13. The van der Waals surface area contributed by atoms with E-state index in [9.17, 15) is 14.4 Å². The Hall–Kier alpha value is -2.30. The lowest BCUT2D eigenvalue weighted by atomic mass is 9.84. The molecule has 0 saturated carbocycles. The van der Waals surface area contributed by atoms with Crippen molar-refractivity contribution in [3.8, 4) is 0 Å². The summed E-state index contributed by atoms with van der Waals surface area (Å²) in [5.74, 6) is -0.858. The number of amides is 1. The predicted molar refractivity (Wildman–Crippen MR) is 101 cm³/mol. The van der Waals surface area contributed by atoms with Crippen molar-refractivity contribution in [1.29, 1.82) is 0 Å². The van der Waals surface area contributed by atoms with Crippen LogP contribution in [0.2, 0.25) is 0 Å². The average Bonchev–Trinajstić information content (AvgIpc) is 3.14. The van der Waals surface area contributed by atoms with E-state index in [0.29, 0.717) is 32.2 Å². The molecule has 0 unspecified atom stereocenters. The Morgan fingerprint density at radius 2 is 2.12 bits per heavy atom. The summed E-state index contributed by atoms with van der Waals surface area (Å²) in [5, 5.41) is 0. The zero-order valence-electron chi connectivity index (χ0n) is 15.9. The van der Waals surface area contributed by atoms with Crippen LogP contribution in [0.1, 0.15) is 58.4 Å². The second-order valence-electron chi connectivity index (χ2n) is 7.42. The molecule has 5 heteroatoms. The molecule has 0 aliphatic carbocycles. The quantitative estimate of drug-likeness (QED) is 0.669. The molecular weight excluding hydrogens is 328 g/mol. The summed E-state index contributed by atoms with van der Waals surface area (Å²) in [6, 6.07) is 3.36. The van der Waals surface area contributed by atoms with Gasteiger partial charge in [-0.25, -0.2) is 0 Å². The molecule has 1 aliphatic rings. The number of rotatable bonds is 8. The highest BCUT2D eigenvalue weighted by molar-refractivity contribution is 6.38. The Balaban J connectivity index is 1.92. The van der Waals surface area contributed by atoms with Gasteiger partial charge >= 0.3 is 0 Å². The predicted octanol–water partition coefficient (Wildman–Crippen LogP) is 3.44. The first-order chi connectivity index (χ1) is 12.4. The van der Waals surface area contributed by atoms with E-state index in [1.807, 2.05) is 31.2 Å². The van der Waals surface area contributed by atoms with Gasteiger partial charge in [0, 0.05) is 30.8 Å². The number of allylic oxidation sites excluding steroid dienone is 1. The summed E-state index contributed by atoms with van der Waals surface area (Å²) in [7, 11) is 0. The van der Waals surface area contributed by atoms with E-state index in [0.717, 1.165) is 12.0 Å². The standard InChI is InChI=1S/C21H28N2O3/c1-4-21(2,3)19(25)20(26)23-14-8-11-17(23)18(24)12-6-5-9-16-10-7-13-22-15-16/h5,7,9-10,13,15,17H,4,6,8,11-12,14H2,1-3H3/b9-5+/t17-/m0/s1. The highest BCUT2D eigenvalue weighted by Crippen LogP contribution is 2.26. The molecule has 0 bridgehead atoms. The maximum Gasteiger partial charge on any atom is 0.291 e. The molecule has 5 nitrogen and oxygen atoms in total. The van der Waals surface area contributed by atoms with Gasteiger partial charge in [-0.3, -0.25) is 19.4 Å². The maximum atomic E-state index is 12.6. The molecular formula is C21H28N2O3. The molecule has 1 amide bonds. The molecule has 0 radical (unpaired) electrons. The summed E-state index contributed by atoms with van der Waals surface area (Å²) in [5.41, 5.74) is 0.310. The van der Waals surface area contributed by atoms with Gasteiger partial charge in [0.1, 0.15) is 0 Å². The van der Waals surface area contributed by atoms with Gasteiger partial charge in [-0.1, -0.05) is 39.0 Å². The van der Waals surface area contributed by atoms with Crippen LogP contribution >= 0.6 is 0 Å². The Labute approximate surface area is 155 Å². The number of likely N-dealkylation sites (tertiary alicyclic amines) is 1. The molecule has 140 valence electrons. The van der Waals surface area contributed by atoms with Crippen LogP contribution in [0.3, 0.4) is 0 Å². The Morgan fingerprint density at radius 3 is 2.77 bits per heavy atom. The summed E-state index contributed by atoms with van der Waals surface area (Å²) in [6.07, 6.45) is 10.4. The summed E-state index contributed by atoms with van der Waals surface area (Å²) >= 11 is 0. The van der Waals surface area contributed by atoms with Crippen LogP contribution < -0.4 is 0 Å². The smallest absolute Gasteiger partial charge is 0.291 e. The minimum absolute atomic E-state index is 0.0359. The minimum Gasteiger partial charge on any atom is -0.326 e. The highest BCUT2D eigenvalue weighted by Gasteiger charge is 2.40. The van der Waals surface area contributed by atoms with Crippen molar-refractivity contribution >= 4 is 23.5 Å². The molecule has 1 aromatic heterocycles. The number of aromatic nitrogens is 1. The third-order valence-electron chi connectivity index (χ3n) is 5.13. The zero-order chi connectivity index (χ0) is 19.2. The number of Topliss-reactive ketones (excluding diaryl/α,β-unsaturated/α-hetero) is 2. The van der Waals surface area contributed by atoms with E-state index < -0.39 is 23.1 Å². The van der Waals surface area contributed by atoms with Gasteiger partial charge in [-0.15, -0.1) is 0 Å². The normalized spacial score (nSPS) is 17.7. The highest BCUT2D eigenvalue weighted by atomic mass is 16.2. The van der Waals surface area contributed by atoms with Crippen molar-refractivity contribution < 1.29 is 14.4 Å². The van der Waals surface area contributed by atoms with E-state index >= 15 is 0 Å². The van der Waals surface area contributed by atoms with Crippen molar-refractivity contribution in [2.45, 2.75) is 58.9 Å². The van der Waals surface area contributed by atoms with Gasteiger partial charge in [0.05, 0.1) is 6.04 Å². The molecule has 0 spiro atoms. The second-order valence-corrected chi connectivity index (χ2v) is 7.42. The van der Waals surface area contributed by atoms with Crippen LogP contribution in [0.25, 0.3) is 6.08 Å². The molecule has 1 atom stereocenters. The number of hydrogen-bond donors (Lipinski definition) is 0. The number of ketones is 2. The number of carbonyl (C=O) groups is 3. The third kappa shape index (κ3) is 4.87. The maximum absolute atomic E-state index is 12.6. The first kappa shape index (κ1) is 20.0. The van der Waals surface area contributed by atoms with Gasteiger partial charge in [-0.2, -0.15) is 0 Å². The van der Waals surface area contributed by atoms with Crippen LogP contribution in [0.15, 0.2) is 30.6 Å². The van der Waals surface area contributed by atoms with Gasteiger partial charge in [0.25, 0.3) is 5.91 Å². The van der Waals surface area contributed by atoms with E-state index in [4.69, 9.17) is 0 Å². The molecule has 0 aromatic carbocycles. The van der Waals surface area contributed by atoms with Crippen LogP contribution in [-0.4, -0.2) is 39.9 Å². The topological polar surface area (TPSA) is 67.3 Å². The van der Waals surface area contributed by atoms with Gasteiger partial charge in [0.15, 0.2) is 5.78 Å². The van der Waals surface area contributed by atoms with Crippen molar-refractivity contribution in [2.75, 3.05) is 6.54 Å². The molecule has 1 aliphatic heterocycles. The number of hydrogen-bond acceptors (Lipinski definition) is 4. The van der Waals surface area contributed by atoms with Crippen LogP contribution in [-0.2, 0) is 14.4 Å². The van der Waals surface area contributed by atoms with Crippen molar-refractivity contribution in [1.82, 2.24) is 9.88 Å². The Kier molecular flexibility index (Phi) is 6.83. The Morgan fingerprint density at radius 1 is 1.35 bits per heavy atom. The number of pyridine rings is 1. The van der Waals surface area contributed by atoms with E-state index in [-0.39, 0.29) is 5.78 Å². The molecule has 0 N–H and O–H groups in total. The molecule has 2 rings (SSSR count). The van der Waals surface area contributed by atoms with Crippen molar-refractivity contribution in [3.63, 3.8) is 0 Å². The fraction of sp³-hybridized carbons (Fsp3) is 0.524. The van der Waals surface area contributed by atoms with Crippen molar-refractivity contribution in [2.24, 2.45) is 5.41 Å². The zero-order valence-corrected chi connectivity index (χ0v) is 15.9. The number of nitrogens with zero attached hydrogens (tertiary/aromatic N) is 2. The summed E-state index contributed by atoms with van der Waals surface area (Å²) < 4.78 is 0. The monoisotopic (exact) mass is 356 g/mol. The fourth-order valence-corrected chi connectivity index (χ4v) is 3.01. The van der Waals surface area contributed by atoms with Gasteiger partial charge in [0.2, 0.25) is 5.78 Å². The Bertz CT molecular complexity index is 680. The summed E-state index contributed by atoms with van der Waals surface area (Å²) in [4.78, 5) is 43.1. The fourth-order valence-electron chi connectivity index (χ4n) is 3.01. The van der Waals surface area contributed by atoms with Crippen molar-refractivity contribution in [3.05, 3.63) is 36.2 Å². The van der Waals surface area contributed by atoms with E-state index in [1.165, 1.54) is 4.90 Å². The first-order valence-corrected chi connectivity index (χ1v) is 9.31. The molecule has 1 saturated heterocycles. The largest absolute Gasteiger partial charge is 0.326 e. The lowest BCUT2D eigenvalue weighted by Gasteiger charge is -2.27. The lowest BCUT2D eigenvalue weighted by molar-refractivity contribution is -0.151. The SMILES string of the molecule is CCC(C)(C)C(=O)C(=O)N1CCC[C@H]1C(=O)CC/C=C/c1cccnc1. The van der Waals surface area contributed by atoms with E-state index in [1.54, 1.807) is 26.2 Å². The molecule has 1 fully saturated rings. The van der Waals surface area contributed by atoms with Gasteiger partial charge in [-0.05, 0) is 37.3 Å². The van der Waals surface area contributed by atoms with Crippen LogP contribution in [0.4, 0.5) is 0 Å². The second kappa shape index (κ2) is 8.88. The van der Waals surface area contributed by atoms with Crippen LogP contribution in [0.5, 0.6) is 0 Å². The molecule has 26 heavy (non-hydrogen) atoms. The van der Waals surface area contributed by atoms with Crippen LogP contribution in [0, 0.1) is 5.41 Å². The summed E-state index contributed by atoms with van der Waals surface area (Å²) in [6.45, 7) is 5.95. The minimum atomic E-state index is -0.681.